The maximum atomic E-state index is 7.35. The lowest BCUT2D eigenvalue weighted by atomic mass is 10.0. The van der Waals surface area contributed by atoms with Gasteiger partial charge in [-0.15, -0.1) is 11.3 Å². The zero-order chi connectivity index (χ0) is 29.3. The molecule has 0 aliphatic rings. The standard InChI is InChI=1S/C37H39NO2SSi/c1-6-26-23-33(39-5)35-30(36(41-34(35)24-26)32-25-27-15-13-14-20-31(27)38-32)21-22-40-42(37(2,3)4,28-16-9-7-10-17-28)29-18-11-8-12-19-29/h7-20,23-25,38H,6,21-22H2,1-5H3. The third-order valence-corrected chi connectivity index (χ3v) is 14.7. The number of H-pyrrole nitrogens is 1. The van der Waals surface area contributed by atoms with Gasteiger partial charge in [0.15, 0.2) is 0 Å². The summed E-state index contributed by atoms with van der Waals surface area (Å²) in [4.78, 5) is 4.96. The van der Waals surface area contributed by atoms with Crippen molar-refractivity contribution in [1.82, 2.24) is 4.98 Å². The number of aromatic amines is 1. The molecular formula is C37H39NO2SSi. The summed E-state index contributed by atoms with van der Waals surface area (Å²) in [7, 11) is -0.857. The Labute approximate surface area is 254 Å². The molecule has 0 saturated carbocycles. The van der Waals surface area contributed by atoms with Gasteiger partial charge in [0.2, 0.25) is 0 Å². The van der Waals surface area contributed by atoms with Crippen molar-refractivity contribution in [3.8, 4) is 16.3 Å². The van der Waals surface area contributed by atoms with Gasteiger partial charge in [0.1, 0.15) is 5.75 Å². The van der Waals surface area contributed by atoms with Crippen LogP contribution in [0.25, 0.3) is 31.6 Å². The second kappa shape index (κ2) is 11.6. The second-order valence-corrected chi connectivity index (χ2v) is 17.3. The first-order chi connectivity index (χ1) is 20.4. The zero-order valence-electron chi connectivity index (χ0n) is 25.2. The van der Waals surface area contributed by atoms with Crippen LogP contribution in [0.3, 0.4) is 0 Å². The number of aryl methyl sites for hydroxylation is 1. The van der Waals surface area contributed by atoms with Gasteiger partial charge in [0.25, 0.3) is 8.32 Å². The van der Waals surface area contributed by atoms with Gasteiger partial charge < -0.3 is 14.1 Å². The molecule has 0 aliphatic heterocycles. The van der Waals surface area contributed by atoms with E-state index in [1.165, 1.54) is 41.8 Å². The van der Waals surface area contributed by atoms with Crippen molar-refractivity contribution < 1.29 is 9.16 Å². The number of para-hydroxylation sites is 1. The fraction of sp³-hybridized carbons (Fsp3) is 0.243. The van der Waals surface area contributed by atoms with Crippen LogP contribution in [0.4, 0.5) is 0 Å². The number of benzene rings is 4. The Morgan fingerprint density at radius 1 is 0.810 bits per heavy atom. The van der Waals surface area contributed by atoms with Gasteiger partial charge in [-0.25, -0.2) is 0 Å². The Morgan fingerprint density at radius 3 is 2.05 bits per heavy atom. The monoisotopic (exact) mass is 589 g/mol. The van der Waals surface area contributed by atoms with E-state index < -0.39 is 8.32 Å². The number of fused-ring (bicyclic) bond motifs is 2. The van der Waals surface area contributed by atoms with Gasteiger partial charge in [-0.05, 0) is 63.6 Å². The number of rotatable bonds is 9. The minimum absolute atomic E-state index is 0.0693. The summed E-state index contributed by atoms with van der Waals surface area (Å²) in [5.41, 5.74) is 4.89. The predicted octanol–water partition coefficient (Wildman–Crippen LogP) is 8.74. The molecule has 4 aromatic carbocycles. The number of hydrogen-bond donors (Lipinski definition) is 1. The van der Waals surface area contributed by atoms with Crippen molar-refractivity contribution in [2.24, 2.45) is 0 Å². The number of aromatic nitrogens is 1. The van der Waals surface area contributed by atoms with E-state index in [1.807, 2.05) is 11.3 Å². The normalized spacial score (nSPS) is 12.3. The Bertz CT molecular complexity index is 1740. The molecule has 3 nitrogen and oxygen atoms in total. The molecule has 0 fully saturated rings. The molecule has 2 aromatic heterocycles. The SMILES string of the molecule is CCc1cc(OC)c2c(CCO[Si](c3ccccc3)(c3ccccc3)C(C)(C)C)c(-c3cc4ccccc4[nH]3)sc2c1. The molecular weight excluding hydrogens is 551 g/mol. The second-order valence-electron chi connectivity index (χ2n) is 12.0. The molecule has 214 valence electrons. The molecule has 5 heteroatoms. The summed E-state index contributed by atoms with van der Waals surface area (Å²) in [5.74, 6) is 0.948. The molecule has 6 rings (SSSR count). The van der Waals surface area contributed by atoms with Gasteiger partial charge in [0.05, 0.1) is 17.7 Å². The van der Waals surface area contributed by atoms with Crippen molar-refractivity contribution in [1.29, 1.82) is 0 Å². The van der Waals surface area contributed by atoms with E-state index in [0.717, 1.165) is 29.8 Å². The fourth-order valence-corrected chi connectivity index (χ4v) is 12.3. The Kier molecular flexibility index (Phi) is 7.84. The van der Waals surface area contributed by atoms with Crippen LogP contribution in [-0.2, 0) is 17.3 Å². The number of ether oxygens (including phenoxy) is 1. The van der Waals surface area contributed by atoms with Crippen LogP contribution in [-0.4, -0.2) is 27.0 Å². The van der Waals surface area contributed by atoms with E-state index in [-0.39, 0.29) is 5.04 Å². The molecule has 1 N–H and O–H groups in total. The van der Waals surface area contributed by atoms with E-state index in [4.69, 9.17) is 9.16 Å². The number of hydrogen-bond acceptors (Lipinski definition) is 3. The summed E-state index contributed by atoms with van der Waals surface area (Å²) in [6.45, 7) is 9.83. The predicted molar refractivity (Wildman–Crippen MR) is 182 cm³/mol. The van der Waals surface area contributed by atoms with Crippen molar-refractivity contribution in [2.45, 2.75) is 45.6 Å². The van der Waals surface area contributed by atoms with E-state index >= 15 is 0 Å². The smallest absolute Gasteiger partial charge is 0.261 e. The fourth-order valence-electron chi connectivity index (χ4n) is 6.39. The molecule has 0 aliphatic carbocycles. The molecule has 0 atom stereocenters. The first-order valence-electron chi connectivity index (χ1n) is 14.8. The van der Waals surface area contributed by atoms with Crippen molar-refractivity contribution in [3.05, 3.63) is 114 Å². The lowest BCUT2D eigenvalue weighted by Gasteiger charge is -2.43. The molecule has 0 bridgehead atoms. The minimum Gasteiger partial charge on any atom is -0.496 e. The van der Waals surface area contributed by atoms with Gasteiger partial charge in [-0.3, -0.25) is 0 Å². The number of thiophene rings is 1. The van der Waals surface area contributed by atoms with Crippen LogP contribution in [0, 0.1) is 0 Å². The van der Waals surface area contributed by atoms with E-state index in [2.05, 4.69) is 136 Å². The van der Waals surface area contributed by atoms with E-state index in [1.54, 1.807) is 7.11 Å². The molecule has 2 heterocycles. The highest BCUT2D eigenvalue weighted by Gasteiger charge is 2.50. The summed E-state index contributed by atoms with van der Waals surface area (Å²) in [6, 6.07) is 37.1. The molecule has 6 aromatic rings. The topological polar surface area (TPSA) is 34.2 Å². The highest BCUT2D eigenvalue weighted by molar-refractivity contribution is 7.22. The Hall–Kier alpha value is -3.64. The highest BCUT2D eigenvalue weighted by Crippen LogP contribution is 2.45. The maximum Gasteiger partial charge on any atom is 0.261 e. The Morgan fingerprint density at radius 2 is 1.45 bits per heavy atom. The number of methoxy groups -OCH3 is 1. The van der Waals surface area contributed by atoms with Crippen LogP contribution >= 0.6 is 11.3 Å². The molecule has 0 amide bonds. The van der Waals surface area contributed by atoms with Crippen LogP contribution < -0.4 is 15.1 Å². The van der Waals surface area contributed by atoms with Crippen molar-refractivity contribution in [2.75, 3.05) is 13.7 Å². The zero-order valence-corrected chi connectivity index (χ0v) is 27.0. The van der Waals surface area contributed by atoms with Crippen LogP contribution in [0.1, 0.15) is 38.8 Å². The first-order valence-corrected chi connectivity index (χ1v) is 17.5. The largest absolute Gasteiger partial charge is 0.496 e. The van der Waals surface area contributed by atoms with Crippen LogP contribution in [0.5, 0.6) is 5.75 Å². The first kappa shape index (κ1) is 28.5. The average Bonchev–Trinajstić information content (AvgIpc) is 3.60. The molecule has 0 radical (unpaired) electrons. The lowest BCUT2D eigenvalue weighted by molar-refractivity contribution is 0.302. The van der Waals surface area contributed by atoms with E-state index in [9.17, 15) is 0 Å². The maximum absolute atomic E-state index is 7.35. The third kappa shape index (κ3) is 5.00. The van der Waals surface area contributed by atoms with Crippen molar-refractivity contribution >= 4 is 51.0 Å². The molecule has 0 spiro atoms. The van der Waals surface area contributed by atoms with Gasteiger partial charge in [-0.1, -0.05) is 107 Å². The summed E-state index contributed by atoms with van der Waals surface area (Å²) in [5, 5.41) is 4.97. The highest BCUT2D eigenvalue weighted by atomic mass is 32.1. The summed E-state index contributed by atoms with van der Waals surface area (Å²) in [6.07, 6.45) is 1.76. The quantitative estimate of drug-likeness (QED) is 0.171. The van der Waals surface area contributed by atoms with Crippen LogP contribution in [0.2, 0.25) is 5.04 Å². The van der Waals surface area contributed by atoms with E-state index in [0.29, 0.717) is 6.61 Å². The number of nitrogens with one attached hydrogen (secondary N) is 1. The third-order valence-electron chi connectivity index (χ3n) is 8.40. The van der Waals surface area contributed by atoms with Crippen molar-refractivity contribution in [3.63, 3.8) is 0 Å². The molecule has 0 unspecified atom stereocenters. The summed E-state index contributed by atoms with van der Waals surface area (Å²) >= 11 is 1.85. The molecule has 0 saturated heterocycles. The minimum atomic E-state index is -2.65. The van der Waals surface area contributed by atoms with Gasteiger partial charge in [0, 0.05) is 27.6 Å². The summed E-state index contributed by atoms with van der Waals surface area (Å²) < 4.78 is 14.6. The van der Waals surface area contributed by atoms with Gasteiger partial charge in [-0.2, -0.15) is 0 Å². The van der Waals surface area contributed by atoms with Crippen LogP contribution in [0.15, 0.2) is 103 Å². The average molecular weight is 590 g/mol. The molecule has 42 heavy (non-hydrogen) atoms. The van der Waals surface area contributed by atoms with Gasteiger partial charge >= 0.3 is 0 Å². The lowest BCUT2D eigenvalue weighted by Crippen LogP contribution is -2.66. The Balaban J connectivity index is 1.47.